The van der Waals surface area contributed by atoms with Crippen LogP contribution in [0.3, 0.4) is 0 Å². The molecule has 1 aromatic carbocycles. The van der Waals surface area contributed by atoms with Gasteiger partial charge in [-0.2, -0.15) is 5.10 Å². The van der Waals surface area contributed by atoms with Gasteiger partial charge in [-0.25, -0.2) is 9.97 Å². The molecule has 0 saturated carbocycles. The molecule has 0 atom stereocenters. The Hall–Kier alpha value is -3.35. The SMILES string of the molecule is CCn1cc(Cn2cnc(-c3ccc(OC)cc3)c2-c2nccn2C)cn1. The van der Waals surface area contributed by atoms with Gasteiger partial charge in [-0.15, -0.1) is 0 Å². The van der Waals surface area contributed by atoms with E-state index in [0.717, 1.165) is 40.6 Å². The van der Waals surface area contributed by atoms with E-state index in [1.165, 1.54) is 0 Å². The van der Waals surface area contributed by atoms with Crippen LogP contribution in [0.2, 0.25) is 0 Å². The maximum atomic E-state index is 5.27. The summed E-state index contributed by atoms with van der Waals surface area (Å²) in [6.45, 7) is 3.62. The van der Waals surface area contributed by atoms with Gasteiger partial charge in [0.1, 0.15) is 11.4 Å². The van der Waals surface area contributed by atoms with Gasteiger partial charge in [-0.3, -0.25) is 4.68 Å². The maximum absolute atomic E-state index is 5.27. The Morgan fingerprint density at radius 1 is 1.11 bits per heavy atom. The normalized spacial score (nSPS) is 11.1. The van der Waals surface area contributed by atoms with Crippen LogP contribution in [-0.4, -0.2) is 36.0 Å². The zero-order chi connectivity index (χ0) is 18.8. The van der Waals surface area contributed by atoms with Crippen LogP contribution in [0.4, 0.5) is 0 Å². The summed E-state index contributed by atoms with van der Waals surface area (Å²) < 4.78 is 11.3. The van der Waals surface area contributed by atoms with Crippen molar-refractivity contribution in [3.8, 4) is 28.5 Å². The standard InChI is InChI=1S/C20H22N6O/c1-4-26-13-15(11-23-26)12-25-14-22-18(16-5-7-17(27-3)8-6-16)19(25)20-21-9-10-24(20)2/h5-11,13-14H,4,12H2,1-3H3. The van der Waals surface area contributed by atoms with Crippen molar-refractivity contribution in [2.75, 3.05) is 7.11 Å². The van der Waals surface area contributed by atoms with Crippen molar-refractivity contribution in [3.63, 3.8) is 0 Å². The van der Waals surface area contributed by atoms with E-state index in [1.54, 1.807) is 13.3 Å². The van der Waals surface area contributed by atoms with Crippen molar-refractivity contribution in [2.24, 2.45) is 7.05 Å². The molecule has 27 heavy (non-hydrogen) atoms. The number of hydrogen-bond acceptors (Lipinski definition) is 4. The molecule has 0 aliphatic heterocycles. The van der Waals surface area contributed by atoms with Gasteiger partial charge in [-0.05, 0) is 31.2 Å². The minimum absolute atomic E-state index is 0.686. The van der Waals surface area contributed by atoms with Gasteiger partial charge in [0.2, 0.25) is 0 Å². The zero-order valence-electron chi connectivity index (χ0n) is 15.7. The number of aryl methyl sites for hydroxylation is 2. The zero-order valence-corrected chi connectivity index (χ0v) is 15.7. The first-order valence-electron chi connectivity index (χ1n) is 8.88. The number of aromatic nitrogens is 6. The van der Waals surface area contributed by atoms with Crippen molar-refractivity contribution >= 4 is 0 Å². The van der Waals surface area contributed by atoms with Crippen molar-refractivity contribution in [1.82, 2.24) is 28.9 Å². The molecular weight excluding hydrogens is 340 g/mol. The molecule has 0 fully saturated rings. The fraction of sp³-hybridized carbons (Fsp3) is 0.250. The Kier molecular flexibility index (Phi) is 4.50. The van der Waals surface area contributed by atoms with E-state index in [2.05, 4.69) is 27.8 Å². The summed E-state index contributed by atoms with van der Waals surface area (Å²) in [4.78, 5) is 9.26. The van der Waals surface area contributed by atoms with Crippen LogP contribution in [-0.2, 0) is 20.1 Å². The van der Waals surface area contributed by atoms with E-state index < -0.39 is 0 Å². The molecular formula is C20H22N6O. The Morgan fingerprint density at radius 2 is 1.93 bits per heavy atom. The van der Waals surface area contributed by atoms with E-state index in [0.29, 0.717) is 6.54 Å². The highest BCUT2D eigenvalue weighted by Crippen LogP contribution is 2.31. The van der Waals surface area contributed by atoms with Crippen LogP contribution >= 0.6 is 0 Å². The first-order chi connectivity index (χ1) is 13.2. The largest absolute Gasteiger partial charge is 0.497 e. The molecule has 0 bridgehead atoms. The second-order valence-electron chi connectivity index (χ2n) is 6.36. The molecule has 0 aliphatic rings. The summed E-state index contributed by atoms with van der Waals surface area (Å²) in [6, 6.07) is 7.93. The first kappa shape index (κ1) is 17.1. The highest BCUT2D eigenvalue weighted by Gasteiger charge is 2.19. The predicted molar refractivity (Wildman–Crippen MR) is 103 cm³/mol. The van der Waals surface area contributed by atoms with Crippen molar-refractivity contribution < 1.29 is 4.74 Å². The summed E-state index contributed by atoms with van der Waals surface area (Å²) in [5.41, 5.74) is 4.04. The van der Waals surface area contributed by atoms with Gasteiger partial charge < -0.3 is 13.9 Å². The lowest BCUT2D eigenvalue weighted by Crippen LogP contribution is -2.04. The van der Waals surface area contributed by atoms with Crippen LogP contribution in [0, 0.1) is 0 Å². The molecule has 7 heteroatoms. The number of nitrogens with zero attached hydrogens (tertiary/aromatic N) is 6. The summed E-state index contributed by atoms with van der Waals surface area (Å²) in [5, 5.41) is 4.37. The molecule has 0 aliphatic carbocycles. The fourth-order valence-corrected chi connectivity index (χ4v) is 3.15. The highest BCUT2D eigenvalue weighted by atomic mass is 16.5. The van der Waals surface area contributed by atoms with Gasteiger partial charge in [0, 0.05) is 43.3 Å². The van der Waals surface area contributed by atoms with Crippen LogP contribution in [0.15, 0.2) is 55.4 Å². The monoisotopic (exact) mass is 362 g/mol. The molecule has 4 aromatic rings. The van der Waals surface area contributed by atoms with E-state index in [4.69, 9.17) is 9.72 Å². The van der Waals surface area contributed by atoms with E-state index in [1.807, 2.05) is 59.3 Å². The van der Waals surface area contributed by atoms with Crippen LogP contribution in [0.25, 0.3) is 22.8 Å². The number of ether oxygens (including phenoxy) is 1. The molecule has 4 rings (SSSR count). The van der Waals surface area contributed by atoms with Gasteiger partial charge >= 0.3 is 0 Å². The second-order valence-corrected chi connectivity index (χ2v) is 6.36. The number of benzene rings is 1. The molecule has 0 spiro atoms. The second kappa shape index (κ2) is 7.11. The minimum atomic E-state index is 0.686. The van der Waals surface area contributed by atoms with E-state index in [-0.39, 0.29) is 0 Å². The summed E-state index contributed by atoms with van der Waals surface area (Å²) in [5.74, 6) is 1.70. The third kappa shape index (κ3) is 3.23. The van der Waals surface area contributed by atoms with E-state index in [9.17, 15) is 0 Å². The van der Waals surface area contributed by atoms with Crippen molar-refractivity contribution in [2.45, 2.75) is 20.0 Å². The third-order valence-corrected chi connectivity index (χ3v) is 4.60. The molecule has 0 N–H and O–H groups in total. The first-order valence-corrected chi connectivity index (χ1v) is 8.88. The Balaban J connectivity index is 1.79. The minimum Gasteiger partial charge on any atom is -0.497 e. The third-order valence-electron chi connectivity index (χ3n) is 4.60. The van der Waals surface area contributed by atoms with Crippen molar-refractivity contribution in [1.29, 1.82) is 0 Å². The Bertz CT molecular complexity index is 1040. The van der Waals surface area contributed by atoms with Crippen LogP contribution in [0.1, 0.15) is 12.5 Å². The Labute approximate surface area is 157 Å². The molecule has 7 nitrogen and oxygen atoms in total. The summed E-state index contributed by atoms with van der Waals surface area (Å²) in [7, 11) is 3.66. The van der Waals surface area contributed by atoms with Crippen molar-refractivity contribution in [3.05, 3.63) is 60.9 Å². The highest BCUT2D eigenvalue weighted by molar-refractivity contribution is 5.76. The molecule has 0 saturated heterocycles. The summed E-state index contributed by atoms with van der Waals surface area (Å²) >= 11 is 0. The molecule has 0 amide bonds. The molecule has 0 radical (unpaired) electrons. The lowest BCUT2D eigenvalue weighted by molar-refractivity contribution is 0.415. The van der Waals surface area contributed by atoms with Gasteiger partial charge in [0.15, 0.2) is 5.82 Å². The Morgan fingerprint density at radius 3 is 2.56 bits per heavy atom. The average Bonchev–Trinajstić information content (AvgIpc) is 3.42. The predicted octanol–water partition coefficient (Wildman–Crippen LogP) is 3.22. The molecule has 138 valence electrons. The number of hydrogen-bond donors (Lipinski definition) is 0. The van der Waals surface area contributed by atoms with Gasteiger partial charge in [0.05, 0.1) is 31.9 Å². The summed E-state index contributed by atoms with van der Waals surface area (Å²) in [6.07, 6.45) is 9.58. The maximum Gasteiger partial charge on any atom is 0.158 e. The molecule has 3 heterocycles. The molecule has 3 aromatic heterocycles. The van der Waals surface area contributed by atoms with Gasteiger partial charge in [-0.1, -0.05) is 0 Å². The van der Waals surface area contributed by atoms with Crippen LogP contribution < -0.4 is 4.74 Å². The number of methoxy groups -OCH3 is 1. The van der Waals surface area contributed by atoms with E-state index >= 15 is 0 Å². The number of imidazole rings is 2. The smallest absolute Gasteiger partial charge is 0.158 e. The fourth-order valence-electron chi connectivity index (χ4n) is 3.15. The number of rotatable bonds is 6. The topological polar surface area (TPSA) is 62.7 Å². The lowest BCUT2D eigenvalue weighted by Gasteiger charge is -2.10. The van der Waals surface area contributed by atoms with Crippen LogP contribution in [0.5, 0.6) is 5.75 Å². The van der Waals surface area contributed by atoms with Gasteiger partial charge in [0.25, 0.3) is 0 Å². The quantitative estimate of drug-likeness (QED) is 0.528. The lowest BCUT2D eigenvalue weighted by atomic mass is 10.1. The average molecular weight is 362 g/mol. The molecule has 0 unspecified atom stereocenters.